The van der Waals surface area contributed by atoms with E-state index in [0.717, 1.165) is 42.5 Å². The van der Waals surface area contributed by atoms with Gasteiger partial charge in [0.25, 0.3) is 0 Å². The minimum absolute atomic E-state index is 0.0383. The molecule has 0 bridgehead atoms. The van der Waals surface area contributed by atoms with Crippen molar-refractivity contribution in [2.75, 3.05) is 11.9 Å². The molecule has 5 heteroatoms. The first-order chi connectivity index (χ1) is 10.3. The number of rotatable bonds is 3. The third kappa shape index (κ3) is 3.19. The number of carbonyl (C=O) groups excluding carboxylic acids is 1. The highest BCUT2D eigenvalue weighted by Crippen LogP contribution is 2.21. The minimum Gasteiger partial charge on any atom is -0.325 e. The summed E-state index contributed by atoms with van der Waals surface area (Å²) in [4.78, 5) is 20.8. The van der Waals surface area contributed by atoms with Crippen LogP contribution in [0.5, 0.6) is 0 Å². The molecule has 1 aromatic heterocycles. The summed E-state index contributed by atoms with van der Waals surface area (Å²) in [7, 11) is 0. The van der Waals surface area contributed by atoms with Crippen LogP contribution in [-0.4, -0.2) is 28.5 Å². The second kappa shape index (κ2) is 6.18. The van der Waals surface area contributed by atoms with Crippen LogP contribution in [0.3, 0.4) is 0 Å². The minimum atomic E-state index is -0.0961. The van der Waals surface area contributed by atoms with Crippen molar-refractivity contribution in [2.24, 2.45) is 5.92 Å². The molecule has 3 rings (SSSR count). The Kier molecular flexibility index (Phi) is 4.10. The maximum atomic E-state index is 12.4. The fraction of sp³-hybridized carbons (Fsp3) is 0.438. The largest absolute Gasteiger partial charge is 0.325 e. The van der Waals surface area contributed by atoms with Gasteiger partial charge in [-0.2, -0.15) is 0 Å². The van der Waals surface area contributed by atoms with E-state index >= 15 is 0 Å². The van der Waals surface area contributed by atoms with E-state index in [9.17, 15) is 4.79 Å². The number of nitrogens with zero attached hydrogens (tertiary/aromatic N) is 2. The highest BCUT2D eigenvalue weighted by Gasteiger charge is 2.25. The fourth-order valence-electron chi connectivity index (χ4n) is 2.84. The maximum absolute atomic E-state index is 12.4. The van der Waals surface area contributed by atoms with Gasteiger partial charge in [-0.3, -0.25) is 14.8 Å². The summed E-state index contributed by atoms with van der Waals surface area (Å²) in [6, 6.07) is 5.51. The predicted molar refractivity (Wildman–Crippen MR) is 83.0 cm³/mol. The molecule has 0 saturated carbocycles. The first kappa shape index (κ1) is 13.9. The van der Waals surface area contributed by atoms with E-state index < -0.39 is 0 Å². The Labute approximate surface area is 124 Å². The van der Waals surface area contributed by atoms with Gasteiger partial charge >= 0.3 is 0 Å². The van der Waals surface area contributed by atoms with Crippen molar-refractivity contribution in [2.45, 2.75) is 32.2 Å². The van der Waals surface area contributed by atoms with E-state index in [1.165, 1.54) is 0 Å². The van der Waals surface area contributed by atoms with Crippen molar-refractivity contribution in [3.05, 3.63) is 30.6 Å². The molecule has 2 aromatic rings. The molecule has 0 spiro atoms. The second-order valence-corrected chi connectivity index (χ2v) is 5.55. The van der Waals surface area contributed by atoms with Gasteiger partial charge in [-0.1, -0.05) is 13.3 Å². The lowest BCUT2D eigenvalue weighted by Crippen LogP contribution is -2.46. The molecule has 0 aliphatic carbocycles. The van der Waals surface area contributed by atoms with Gasteiger partial charge in [-0.15, -0.1) is 0 Å². The Morgan fingerprint density at radius 1 is 1.33 bits per heavy atom. The summed E-state index contributed by atoms with van der Waals surface area (Å²) < 4.78 is 0. The number of hydrogen-bond donors (Lipinski definition) is 2. The van der Waals surface area contributed by atoms with E-state index in [1.807, 2.05) is 18.2 Å². The van der Waals surface area contributed by atoms with E-state index in [0.29, 0.717) is 5.92 Å². The van der Waals surface area contributed by atoms with E-state index in [2.05, 4.69) is 27.5 Å². The number of anilines is 1. The van der Waals surface area contributed by atoms with Crippen LogP contribution in [0.4, 0.5) is 5.69 Å². The van der Waals surface area contributed by atoms with Crippen LogP contribution < -0.4 is 10.6 Å². The summed E-state index contributed by atoms with van der Waals surface area (Å²) in [6.07, 6.45) is 6.53. The Morgan fingerprint density at radius 3 is 2.95 bits per heavy atom. The molecule has 1 aliphatic heterocycles. The lowest BCUT2D eigenvalue weighted by Gasteiger charge is -2.28. The molecule has 2 unspecified atom stereocenters. The Balaban J connectivity index is 1.70. The Morgan fingerprint density at radius 2 is 2.14 bits per heavy atom. The van der Waals surface area contributed by atoms with Crippen LogP contribution in [0.1, 0.15) is 26.2 Å². The number of nitrogens with one attached hydrogen (secondary N) is 2. The average Bonchev–Trinajstić information content (AvgIpc) is 2.54. The van der Waals surface area contributed by atoms with Crippen LogP contribution in [0.25, 0.3) is 11.0 Å². The molecule has 5 nitrogen and oxygen atoms in total. The number of hydrogen-bond acceptors (Lipinski definition) is 4. The number of piperidine rings is 1. The van der Waals surface area contributed by atoms with Gasteiger partial charge in [0.2, 0.25) is 5.91 Å². The van der Waals surface area contributed by atoms with Crippen molar-refractivity contribution in [3.8, 4) is 0 Å². The van der Waals surface area contributed by atoms with Gasteiger partial charge in [0.1, 0.15) is 0 Å². The molecule has 2 atom stereocenters. The predicted octanol–water partition coefficient (Wildman–Crippen LogP) is 2.35. The SMILES string of the molecule is CCC1CCNC(C(=O)Nc2ccc3nccnc3c2)C1. The third-order valence-corrected chi connectivity index (χ3v) is 4.14. The van der Waals surface area contributed by atoms with E-state index in [-0.39, 0.29) is 11.9 Å². The van der Waals surface area contributed by atoms with Gasteiger partial charge in [0, 0.05) is 18.1 Å². The topological polar surface area (TPSA) is 66.9 Å². The van der Waals surface area contributed by atoms with Crippen molar-refractivity contribution in [1.29, 1.82) is 0 Å². The average molecular weight is 284 g/mol. The van der Waals surface area contributed by atoms with Crippen molar-refractivity contribution < 1.29 is 4.79 Å². The van der Waals surface area contributed by atoms with Crippen molar-refractivity contribution in [1.82, 2.24) is 15.3 Å². The Bertz CT molecular complexity index is 643. The fourth-order valence-corrected chi connectivity index (χ4v) is 2.84. The summed E-state index contributed by atoms with van der Waals surface area (Å²) in [6.45, 7) is 3.10. The van der Waals surface area contributed by atoms with Gasteiger partial charge in [0.15, 0.2) is 0 Å². The van der Waals surface area contributed by atoms with Crippen LogP contribution in [-0.2, 0) is 4.79 Å². The van der Waals surface area contributed by atoms with Crippen LogP contribution in [0.15, 0.2) is 30.6 Å². The zero-order chi connectivity index (χ0) is 14.7. The summed E-state index contributed by atoms with van der Waals surface area (Å²) >= 11 is 0. The lowest BCUT2D eigenvalue weighted by molar-refractivity contribution is -0.119. The Hall–Kier alpha value is -2.01. The van der Waals surface area contributed by atoms with Gasteiger partial charge < -0.3 is 10.6 Å². The van der Waals surface area contributed by atoms with Gasteiger partial charge in [-0.05, 0) is 43.5 Å². The molecule has 1 amide bonds. The normalized spacial score (nSPS) is 22.1. The number of aromatic nitrogens is 2. The van der Waals surface area contributed by atoms with Gasteiger partial charge in [0.05, 0.1) is 17.1 Å². The molecule has 1 aliphatic rings. The van der Waals surface area contributed by atoms with E-state index in [1.54, 1.807) is 12.4 Å². The van der Waals surface area contributed by atoms with Crippen LogP contribution in [0, 0.1) is 5.92 Å². The number of amides is 1. The number of benzene rings is 1. The third-order valence-electron chi connectivity index (χ3n) is 4.14. The number of carbonyl (C=O) groups is 1. The quantitative estimate of drug-likeness (QED) is 0.908. The molecule has 2 heterocycles. The first-order valence-electron chi connectivity index (χ1n) is 7.51. The summed E-state index contributed by atoms with van der Waals surface area (Å²) in [5, 5.41) is 6.28. The highest BCUT2D eigenvalue weighted by atomic mass is 16.2. The zero-order valence-corrected chi connectivity index (χ0v) is 12.2. The molecular formula is C16H20N4O. The van der Waals surface area contributed by atoms with Crippen LogP contribution in [0.2, 0.25) is 0 Å². The van der Waals surface area contributed by atoms with Crippen molar-refractivity contribution >= 4 is 22.6 Å². The molecule has 1 fully saturated rings. The molecule has 0 radical (unpaired) electrons. The standard InChI is InChI=1S/C16H20N4O/c1-2-11-5-6-17-15(9-11)16(21)20-12-3-4-13-14(10-12)19-8-7-18-13/h3-4,7-8,10-11,15,17H,2,5-6,9H2,1H3,(H,20,21). The second-order valence-electron chi connectivity index (χ2n) is 5.55. The zero-order valence-electron chi connectivity index (χ0n) is 12.2. The smallest absolute Gasteiger partial charge is 0.241 e. The summed E-state index contributed by atoms with van der Waals surface area (Å²) in [5.74, 6) is 0.681. The first-order valence-corrected chi connectivity index (χ1v) is 7.51. The van der Waals surface area contributed by atoms with Crippen molar-refractivity contribution in [3.63, 3.8) is 0 Å². The highest BCUT2D eigenvalue weighted by molar-refractivity contribution is 5.96. The summed E-state index contributed by atoms with van der Waals surface area (Å²) in [5.41, 5.74) is 2.39. The van der Waals surface area contributed by atoms with Crippen LogP contribution >= 0.6 is 0 Å². The van der Waals surface area contributed by atoms with Gasteiger partial charge in [-0.25, -0.2) is 0 Å². The maximum Gasteiger partial charge on any atom is 0.241 e. The molecule has 21 heavy (non-hydrogen) atoms. The number of fused-ring (bicyclic) bond motifs is 1. The lowest BCUT2D eigenvalue weighted by atomic mass is 9.90. The van der Waals surface area contributed by atoms with E-state index in [4.69, 9.17) is 0 Å². The molecular weight excluding hydrogens is 264 g/mol. The molecule has 2 N–H and O–H groups in total. The monoisotopic (exact) mass is 284 g/mol. The molecule has 1 aromatic carbocycles. The molecule has 1 saturated heterocycles. The molecule has 110 valence electrons.